The van der Waals surface area contributed by atoms with Crippen LogP contribution in [0.1, 0.15) is 15.9 Å². The number of carboxylic acids is 1. The number of rotatable bonds is 3. The Morgan fingerprint density at radius 2 is 2.11 bits per heavy atom. The Hall–Kier alpha value is -2.43. The molecule has 0 radical (unpaired) electrons. The van der Waals surface area contributed by atoms with Crippen LogP contribution in [0.15, 0.2) is 36.5 Å². The fraction of sp³-hybridized carbons (Fsp3) is 0.0769. The molecule has 0 fully saturated rings. The number of carboxylic acid groups (broad SMARTS) is 1. The summed E-state index contributed by atoms with van der Waals surface area (Å²) in [5.74, 6) is -1.03. The minimum atomic E-state index is -1.03. The van der Waals surface area contributed by atoms with Crippen LogP contribution in [-0.2, 0) is 0 Å². The zero-order valence-electron chi connectivity index (χ0n) is 9.64. The molecular formula is C13H11FN2O2. The van der Waals surface area contributed by atoms with Gasteiger partial charge in [0, 0.05) is 11.9 Å². The molecule has 0 aliphatic rings. The van der Waals surface area contributed by atoms with Gasteiger partial charge >= 0.3 is 5.97 Å². The molecule has 0 atom stereocenters. The van der Waals surface area contributed by atoms with Gasteiger partial charge in [0.25, 0.3) is 0 Å². The summed E-state index contributed by atoms with van der Waals surface area (Å²) < 4.78 is 13.1. The van der Waals surface area contributed by atoms with E-state index in [1.165, 1.54) is 30.5 Å². The minimum Gasteiger partial charge on any atom is -0.478 e. The first-order valence-electron chi connectivity index (χ1n) is 5.29. The largest absolute Gasteiger partial charge is 0.478 e. The summed E-state index contributed by atoms with van der Waals surface area (Å²) in [6.45, 7) is 1.82. The summed E-state index contributed by atoms with van der Waals surface area (Å²) in [4.78, 5) is 14.8. The van der Waals surface area contributed by atoms with Gasteiger partial charge in [0.15, 0.2) is 0 Å². The predicted molar refractivity (Wildman–Crippen MR) is 65.6 cm³/mol. The molecule has 0 unspecified atom stereocenters. The van der Waals surface area contributed by atoms with Crippen molar-refractivity contribution in [2.24, 2.45) is 0 Å². The van der Waals surface area contributed by atoms with Crippen LogP contribution in [0.2, 0.25) is 0 Å². The Morgan fingerprint density at radius 1 is 1.33 bits per heavy atom. The minimum absolute atomic E-state index is 0.126. The lowest BCUT2D eigenvalue weighted by Gasteiger charge is -2.09. The summed E-state index contributed by atoms with van der Waals surface area (Å²) in [5, 5.41) is 11.8. The van der Waals surface area contributed by atoms with E-state index in [-0.39, 0.29) is 11.4 Å². The van der Waals surface area contributed by atoms with Gasteiger partial charge in [0.2, 0.25) is 0 Å². The van der Waals surface area contributed by atoms with Crippen molar-refractivity contribution in [1.29, 1.82) is 0 Å². The van der Waals surface area contributed by atoms with E-state index in [4.69, 9.17) is 5.11 Å². The molecular weight excluding hydrogens is 235 g/mol. The van der Waals surface area contributed by atoms with E-state index in [1.54, 1.807) is 6.07 Å². The average molecular weight is 246 g/mol. The Balaban J connectivity index is 2.31. The Labute approximate surface area is 103 Å². The maximum Gasteiger partial charge on any atom is 0.335 e. The van der Waals surface area contributed by atoms with Crippen LogP contribution in [0.5, 0.6) is 0 Å². The maximum absolute atomic E-state index is 13.1. The SMILES string of the molecule is Cc1ccc(F)cc1Nc1cc(C(=O)O)ccn1. The summed E-state index contributed by atoms with van der Waals surface area (Å²) >= 11 is 0. The molecule has 5 heteroatoms. The molecule has 0 spiro atoms. The van der Waals surface area contributed by atoms with Crippen molar-refractivity contribution in [2.45, 2.75) is 6.92 Å². The van der Waals surface area contributed by atoms with Crippen LogP contribution in [0, 0.1) is 12.7 Å². The number of benzene rings is 1. The molecule has 1 heterocycles. The first kappa shape index (κ1) is 12.0. The topological polar surface area (TPSA) is 62.2 Å². The van der Waals surface area contributed by atoms with Crippen LogP contribution in [0.3, 0.4) is 0 Å². The molecule has 2 N–H and O–H groups in total. The first-order chi connectivity index (χ1) is 8.56. The second-order valence-electron chi connectivity index (χ2n) is 3.82. The van der Waals surface area contributed by atoms with Crippen molar-refractivity contribution in [3.8, 4) is 0 Å². The first-order valence-corrected chi connectivity index (χ1v) is 5.29. The van der Waals surface area contributed by atoms with Gasteiger partial charge in [0.05, 0.1) is 5.56 Å². The quantitative estimate of drug-likeness (QED) is 0.874. The van der Waals surface area contributed by atoms with Gasteiger partial charge < -0.3 is 10.4 Å². The van der Waals surface area contributed by atoms with Crippen molar-refractivity contribution in [3.63, 3.8) is 0 Å². The number of pyridine rings is 1. The number of carbonyl (C=O) groups is 1. The van der Waals surface area contributed by atoms with Crippen molar-refractivity contribution in [2.75, 3.05) is 5.32 Å². The highest BCUT2D eigenvalue weighted by atomic mass is 19.1. The molecule has 0 aliphatic carbocycles. The standard InChI is InChI=1S/C13H11FN2O2/c1-8-2-3-10(14)7-11(8)16-12-6-9(13(17)18)4-5-15-12/h2-7H,1H3,(H,15,16)(H,17,18). The lowest BCUT2D eigenvalue weighted by molar-refractivity contribution is 0.0697. The molecule has 1 aromatic carbocycles. The highest BCUT2D eigenvalue weighted by Crippen LogP contribution is 2.20. The van der Waals surface area contributed by atoms with Crippen LogP contribution in [0.25, 0.3) is 0 Å². The van der Waals surface area contributed by atoms with E-state index in [0.29, 0.717) is 11.5 Å². The maximum atomic E-state index is 13.1. The van der Waals surface area contributed by atoms with E-state index < -0.39 is 5.97 Å². The van der Waals surface area contributed by atoms with Crippen LogP contribution in [-0.4, -0.2) is 16.1 Å². The van der Waals surface area contributed by atoms with Gasteiger partial charge in [-0.25, -0.2) is 14.2 Å². The molecule has 0 amide bonds. The van der Waals surface area contributed by atoms with Gasteiger partial charge in [-0.3, -0.25) is 0 Å². The van der Waals surface area contributed by atoms with E-state index in [9.17, 15) is 9.18 Å². The molecule has 18 heavy (non-hydrogen) atoms. The number of aromatic carboxylic acids is 1. The Bertz CT molecular complexity index is 599. The third-order valence-electron chi connectivity index (χ3n) is 2.47. The molecule has 0 saturated heterocycles. The fourth-order valence-corrected chi connectivity index (χ4v) is 1.50. The highest BCUT2D eigenvalue weighted by molar-refractivity contribution is 5.88. The smallest absolute Gasteiger partial charge is 0.335 e. The summed E-state index contributed by atoms with van der Waals surface area (Å²) in [7, 11) is 0. The molecule has 0 aliphatic heterocycles. The van der Waals surface area contributed by atoms with E-state index in [0.717, 1.165) is 5.56 Å². The number of aromatic nitrogens is 1. The number of nitrogens with zero attached hydrogens (tertiary/aromatic N) is 1. The Kier molecular flexibility index (Phi) is 3.23. The number of hydrogen-bond acceptors (Lipinski definition) is 3. The lowest BCUT2D eigenvalue weighted by atomic mass is 10.2. The van der Waals surface area contributed by atoms with Crippen molar-refractivity contribution >= 4 is 17.5 Å². The van der Waals surface area contributed by atoms with Crippen molar-refractivity contribution < 1.29 is 14.3 Å². The van der Waals surface area contributed by atoms with Crippen LogP contribution < -0.4 is 5.32 Å². The molecule has 0 bridgehead atoms. The van der Waals surface area contributed by atoms with E-state index >= 15 is 0 Å². The van der Waals surface area contributed by atoms with E-state index in [2.05, 4.69) is 10.3 Å². The van der Waals surface area contributed by atoms with Gasteiger partial charge in [-0.15, -0.1) is 0 Å². The van der Waals surface area contributed by atoms with Crippen LogP contribution >= 0.6 is 0 Å². The summed E-state index contributed by atoms with van der Waals surface area (Å²) in [6, 6.07) is 7.13. The van der Waals surface area contributed by atoms with Crippen molar-refractivity contribution in [3.05, 3.63) is 53.5 Å². The third kappa shape index (κ3) is 2.63. The highest BCUT2D eigenvalue weighted by Gasteiger charge is 2.06. The average Bonchev–Trinajstić information content (AvgIpc) is 2.34. The van der Waals surface area contributed by atoms with E-state index in [1.807, 2.05) is 6.92 Å². The molecule has 92 valence electrons. The van der Waals surface area contributed by atoms with Gasteiger partial charge in [0.1, 0.15) is 11.6 Å². The summed E-state index contributed by atoms with van der Waals surface area (Å²) in [6.07, 6.45) is 1.39. The molecule has 1 aromatic heterocycles. The van der Waals surface area contributed by atoms with Gasteiger partial charge in [-0.05, 0) is 36.8 Å². The van der Waals surface area contributed by atoms with Gasteiger partial charge in [-0.1, -0.05) is 6.07 Å². The van der Waals surface area contributed by atoms with Crippen molar-refractivity contribution in [1.82, 2.24) is 4.98 Å². The zero-order chi connectivity index (χ0) is 13.1. The lowest BCUT2D eigenvalue weighted by Crippen LogP contribution is -2.00. The predicted octanol–water partition coefficient (Wildman–Crippen LogP) is 2.97. The number of halogens is 1. The van der Waals surface area contributed by atoms with Crippen LogP contribution in [0.4, 0.5) is 15.9 Å². The second kappa shape index (κ2) is 4.83. The molecule has 0 saturated carbocycles. The fourth-order valence-electron chi connectivity index (χ4n) is 1.50. The number of hydrogen-bond donors (Lipinski definition) is 2. The monoisotopic (exact) mass is 246 g/mol. The van der Waals surface area contributed by atoms with Gasteiger partial charge in [-0.2, -0.15) is 0 Å². The molecule has 4 nitrogen and oxygen atoms in total. The Morgan fingerprint density at radius 3 is 2.83 bits per heavy atom. The number of nitrogens with one attached hydrogen (secondary N) is 1. The number of aryl methyl sites for hydroxylation is 1. The second-order valence-corrected chi connectivity index (χ2v) is 3.82. The normalized spacial score (nSPS) is 10.1. The molecule has 2 rings (SSSR count). The zero-order valence-corrected chi connectivity index (χ0v) is 9.64. The molecule has 2 aromatic rings. The summed E-state index contributed by atoms with van der Waals surface area (Å²) in [5.41, 5.74) is 1.53. The number of anilines is 2. The third-order valence-corrected chi connectivity index (χ3v) is 2.47.